The van der Waals surface area contributed by atoms with Gasteiger partial charge in [-0.2, -0.15) is 0 Å². The predicted molar refractivity (Wildman–Crippen MR) is 117 cm³/mol. The number of hydrogen-bond acceptors (Lipinski definition) is 7. The van der Waals surface area contributed by atoms with Crippen molar-refractivity contribution >= 4 is 55.7 Å². The summed E-state index contributed by atoms with van der Waals surface area (Å²) in [5.41, 5.74) is 1.21. The van der Waals surface area contributed by atoms with E-state index in [0.717, 1.165) is 29.5 Å². The highest BCUT2D eigenvalue weighted by atomic mass is 32.2. The number of allylic oxidation sites excluding steroid dienone is 1. The van der Waals surface area contributed by atoms with Crippen molar-refractivity contribution in [1.29, 1.82) is 0 Å². The minimum Gasteiger partial charge on any atom is -0.302 e. The van der Waals surface area contributed by atoms with Crippen LogP contribution in [0, 0.1) is 0 Å². The summed E-state index contributed by atoms with van der Waals surface area (Å²) in [6.07, 6.45) is 8.00. The van der Waals surface area contributed by atoms with Crippen molar-refractivity contribution < 1.29 is 4.79 Å². The first kappa shape index (κ1) is 19.4. The number of nitrogens with one attached hydrogen (secondary N) is 1. The van der Waals surface area contributed by atoms with E-state index >= 15 is 0 Å². The van der Waals surface area contributed by atoms with Crippen LogP contribution >= 0.6 is 34.4 Å². The van der Waals surface area contributed by atoms with E-state index in [-0.39, 0.29) is 11.5 Å². The molecule has 0 saturated carbocycles. The molecular weight excluding hydrogens is 412 g/mol. The SMILES string of the molecule is C=CCn1c(SCCC(=O)Nc2nccs2)nc2sc3c(c2c1=O)CCCC3. The van der Waals surface area contributed by atoms with E-state index < -0.39 is 0 Å². The van der Waals surface area contributed by atoms with E-state index in [0.29, 0.717) is 29.0 Å². The van der Waals surface area contributed by atoms with Crippen LogP contribution < -0.4 is 10.9 Å². The van der Waals surface area contributed by atoms with Gasteiger partial charge in [0, 0.05) is 35.2 Å². The first-order chi connectivity index (χ1) is 13.7. The molecule has 0 aliphatic heterocycles. The molecule has 9 heteroatoms. The molecular formula is C19H20N4O2S3. The molecule has 1 N–H and O–H groups in total. The maximum Gasteiger partial charge on any atom is 0.263 e. The highest BCUT2D eigenvalue weighted by Gasteiger charge is 2.22. The third kappa shape index (κ3) is 3.92. The molecule has 0 saturated heterocycles. The van der Waals surface area contributed by atoms with E-state index in [2.05, 4.69) is 16.9 Å². The lowest BCUT2D eigenvalue weighted by atomic mass is 9.97. The average molecular weight is 433 g/mol. The predicted octanol–water partition coefficient (Wildman–Crippen LogP) is 4.10. The number of carbonyl (C=O) groups is 1. The second-order valence-electron chi connectivity index (χ2n) is 6.47. The van der Waals surface area contributed by atoms with Gasteiger partial charge in [0.2, 0.25) is 5.91 Å². The molecule has 0 bridgehead atoms. The summed E-state index contributed by atoms with van der Waals surface area (Å²) >= 11 is 4.47. The van der Waals surface area contributed by atoms with Crippen LogP contribution in [0.15, 0.2) is 34.2 Å². The summed E-state index contributed by atoms with van der Waals surface area (Å²) in [5, 5.41) is 6.63. The molecule has 3 aromatic rings. The smallest absolute Gasteiger partial charge is 0.263 e. The molecule has 0 atom stereocenters. The van der Waals surface area contributed by atoms with Crippen LogP contribution in [0.25, 0.3) is 10.2 Å². The number of nitrogens with zero attached hydrogens (tertiary/aromatic N) is 3. The van der Waals surface area contributed by atoms with Crippen LogP contribution in [-0.4, -0.2) is 26.2 Å². The Morgan fingerprint density at radius 2 is 2.25 bits per heavy atom. The quantitative estimate of drug-likeness (QED) is 0.346. The van der Waals surface area contributed by atoms with E-state index in [1.807, 2.05) is 5.38 Å². The van der Waals surface area contributed by atoms with Gasteiger partial charge in [-0.05, 0) is 31.2 Å². The van der Waals surface area contributed by atoms with Gasteiger partial charge in [0.1, 0.15) is 4.83 Å². The Labute approximate surface area is 174 Å². The first-order valence-electron chi connectivity index (χ1n) is 9.15. The average Bonchev–Trinajstić information content (AvgIpc) is 3.31. The van der Waals surface area contributed by atoms with Gasteiger partial charge in [0.05, 0.1) is 5.39 Å². The molecule has 28 heavy (non-hydrogen) atoms. The molecule has 0 aromatic carbocycles. The van der Waals surface area contributed by atoms with Crippen molar-refractivity contribution in [3.63, 3.8) is 0 Å². The minimum atomic E-state index is -0.0901. The number of rotatable bonds is 7. The summed E-state index contributed by atoms with van der Waals surface area (Å²) in [6, 6.07) is 0. The second-order valence-corrected chi connectivity index (χ2v) is 9.51. The summed E-state index contributed by atoms with van der Waals surface area (Å²) in [6.45, 7) is 4.20. The summed E-state index contributed by atoms with van der Waals surface area (Å²) in [4.78, 5) is 36.2. The maximum atomic E-state index is 13.2. The Balaban J connectivity index is 1.55. The molecule has 6 nitrogen and oxygen atoms in total. The fourth-order valence-corrected chi connectivity index (χ4v) is 6.12. The van der Waals surface area contributed by atoms with Crippen LogP contribution in [-0.2, 0) is 24.2 Å². The fraction of sp³-hybridized carbons (Fsp3) is 0.368. The molecule has 3 aromatic heterocycles. The molecule has 0 spiro atoms. The fourth-order valence-electron chi connectivity index (χ4n) is 3.32. The third-order valence-electron chi connectivity index (χ3n) is 4.59. The van der Waals surface area contributed by atoms with Crippen molar-refractivity contribution in [1.82, 2.24) is 14.5 Å². The molecule has 1 amide bonds. The Bertz CT molecular complexity index is 1070. The van der Waals surface area contributed by atoms with Crippen LogP contribution in [0.1, 0.15) is 29.7 Å². The maximum absolute atomic E-state index is 13.2. The molecule has 4 rings (SSSR count). The van der Waals surface area contributed by atoms with Gasteiger partial charge in [0.25, 0.3) is 5.56 Å². The van der Waals surface area contributed by atoms with E-state index in [9.17, 15) is 9.59 Å². The molecule has 0 fully saturated rings. The van der Waals surface area contributed by atoms with Crippen molar-refractivity contribution in [2.24, 2.45) is 0 Å². The molecule has 1 aliphatic carbocycles. The Kier molecular flexibility index (Phi) is 5.93. The summed E-state index contributed by atoms with van der Waals surface area (Å²) < 4.78 is 1.68. The summed E-state index contributed by atoms with van der Waals surface area (Å²) in [5.74, 6) is 0.449. The van der Waals surface area contributed by atoms with Gasteiger partial charge >= 0.3 is 0 Å². The van der Waals surface area contributed by atoms with E-state index in [1.165, 1.54) is 40.0 Å². The number of carbonyl (C=O) groups excluding carboxylic acids is 1. The van der Waals surface area contributed by atoms with Crippen LogP contribution in [0.4, 0.5) is 5.13 Å². The number of thiazole rings is 1. The molecule has 0 radical (unpaired) electrons. The standard InChI is InChI=1S/C19H20N4O2S3/c1-2-9-23-17(25)15-12-5-3-4-6-13(12)28-16(15)22-19(23)27-10-7-14(24)21-18-20-8-11-26-18/h2,8,11H,1,3-7,9-10H2,(H,20,21,24). The number of aromatic nitrogens is 3. The van der Waals surface area contributed by atoms with E-state index in [4.69, 9.17) is 4.98 Å². The summed E-state index contributed by atoms with van der Waals surface area (Å²) in [7, 11) is 0. The number of hydrogen-bond donors (Lipinski definition) is 1. The zero-order valence-corrected chi connectivity index (χ0v) is 17.7. The van der Waals surface area contributed by atoms with Crippen molar-refractivity contribution in [2.75, 3.05) is 11.1 Å². The van der Waals surface area contributed by atoms with Gasteiger partial charge in [0.15, 0.2) is 10.3 Å². The number of thioether (sulfide) groups is 1. The van der Waals surface area contributed by atoms with Crippen LogP contribution in [0.5, 0.6) is 0 Å². The van der Waals surface area contributed by atoms with Gasteiger partial charge in [-0.1, -0.05) is 17.8 Å². The highest BCUT2D eigenvalue weighted by Crippen LogP contribution is 2.34. The molecule has 146 valence electrons. The number of amides is 1. The van der Waals surface area contributed by atoms with E-state index in [1.54, 1.807) is 28.2 Å². The Hall–Kier alpha value is -1.97. The van der Waals surface area contributed by atoms with Gasteiger partial charge in [-0.25, -0.2) is 9.97 Å². The Morgan fingerprint density at radius 3 is 3.04 bits per heavy atom. The van der Waals surface area contributed by atoms with Gasteiger partial charge < -0.3 is 5.32 Å². The van der Waals surface area contributed by atoms with Gasteiger partial charge in [-0.15, -0.1) is 29.3 Å². The Morgan fingerprint density at radius 1 is 1.39 bits per heavy atom. The minimum absolute atomic E-state index is 0.0130. The van der Waals surface area contributed by atoms with Gasteiger partial charge in [-0.3, -0.25) is 14.2 Å². The van der Waals surface area contributed by atoms with Crippen LogP contribution in [0.3, 0.4) is 0 Å². The highest BCUT2D eigenvalue weighted by molar-refractivity contribution is 7.99. The third-order valence-corrected chi connectivity index (χ3v) is 7.44. The number of thiophene rings is 1. The normalized spacial score (nSPS) is 13.4. The second kappa shape index (κ2) is 8.59. The zero-order chi connectivity index (χ0) is 19.5. The monoisotopic (exact) mass is 432 g/mol. The lowest BCUT2D eigenvalue weighted by Crippen LogP contribution is -2.23. The first-order valence-corrected chi connectivity index (χ1v) is 11.8. The molecule has 1 aliphatic rings. The van der Waals surface area contributed by atoms with Crippen molar-refractivity contribution in [2.45, 2.75) is 43.8 Å². The van der Waals surface area contributed by atoms with Crippen molar-refractivity contribution in [3.8, 4) is 0 Å². The molecule has 3 heterocycles. The number of aryl methyl sites for hydroxylation is 2. The number of anilines is 1. The zero-order valence-electron chi connectivity index (χ0n) is 15.3. The topological polar surface area (TPSA) is 76.9 Å². The number of fused-ring (bicyclic) bond motifs is 3. The largest absolute Gasteiger partial charge is 0.302 e. The molecule has 0 unspecified atom stereocenters. The lowest BCUT2D eigenvalue weighted by molar-refractivity contribution is -0.115. The van der Waals surface area contributed by atoms with Crippen molar-refractivity contribution in [3.05, 3.63) is 45.0 Å². The lowest BCUT2D eigenvalue weighted by Gasteiger charge is -2.12. The van der Waals surface area contributed by atoms with Crippen LogP contribution in [0.2, 0.25) is 0 Å².